The summed E-state index contributed by atoms with van der Waals surface area (Å²) in [5, 5.41) is 23.3. The van der Waals surface area contributed by atoms with E-state index in [4.69, 9.17) is 13.9 Å². The molecule has 1 fully saturated rings. The quantitative estimate of drug-likeness (QED) is 0.500. The van der Waals surface area contributed by atoms with E-state index in [2.05, 4.69) is 5.32 Å². The van der Waals surface area contributed by atoms with Crippen LogP contribution in [0.2, 0.25) is 0 Å². The van der Waals surface area contributed by atoms with E-state index in [-0.39, 0.29) is 24.3 Å². The Morgan fingerprint density at radius 1 is 1.09 bits per heavy atom. The van der Waals surface area contributed by atoms with Crippen molar-refractivity contribution in [2.75, 3.05) is 6.61 Å². The normalized spacial score (nSPS) is 17.6. The predicted molar refractivity (Wildman–Crippen MR) is 124 cm³/mol. The van der Waals surface area contributed by atoms with Crippen LogP contribution in [0.3, 0.4) is 0 Å². The molecule has 1 aliphatic carbocycles. The van der Waals surface area contributed by atoms with Gasteiger partial charge in [0.15, 0.2) is 11.5 Å². The van der Waals surface area contributed by atoms with Crippen LogP contribution in [-0.4, -0.2) is 41.2 Å². The Labute approximate surface area is 192 Å². The molecule has 0 bridgehead atoms. The molecule has 33 heavy (non-hydrogen) atoms. The van der Waals surface area contributed by atoms with Gasteiger partial charge in [-0.1, -0.05) is 30.7 Å². The summed E-state index contributed by atoms with van der Waals surface area (Å²) in [5.74, 6) is 0.214. The molecule has 1 aliphatic heterocycles. The average Bonchev–Trinajstić information content (AvgIpc) is 3.22. The Morgan fingerprint density at radius 2 is 1.91 bits per heavy atom. The fourth-order valence-corrected chi connectivity index (χ4v) is 4.88. The standard InChI is InChI=1S/C25H28BNO6/c28-24(27-23(26(29)30)14-18-15-31-20-7-3-2-6-19(18)20)13-17-8-9-21-22(12-17)32-16-25(33-21)10-4-1-5-11-25/h2-3,6-9,12,15,23,29-30H,1,4-5,10-11,13-14,16H2,(H,27,28). The Bertz CT molecular complexity index is 1140. The number of amides is 1. The Kier molecular flexibility index (Phi) is 6.04. The van der Waals surface area contributed by atoms with Crippen molar-refractivity contribution in [3.8, 4) is 11.5 Å². The fraction of sp³-hybridized carbons (Fsp3) is 0.400. The number of furan rings is 1. The topological polar surface area (TPSA) is 101 Å². The summed E-state index contributed by atoms with van der Waals surface area (Å²) in [7, 11) is -1.70. The highest BCUT2D eigenvalue weighted by Gasteiger charge is 2.39. The fourth-order valence-electron chi connectivity index (χ4n) is 4.88. The molecule has 172 valence electrons. The second-order valence-corrected chi connectivity index (χ2v) is 9.14. The molecule has 1 amide bonds. The number of fused-ring (bicyclic) bond motifs is 2. The number of rotatable bonds is 6. The van der Waals surface area contributed by atoms with E-state index in [9.17, 15) is 14.8 Å². The van der Waals surface area contributed by atoms with Crippen LogP contribution in [0.5, 0.6) is 11.5 Å². The second-order valence-electron chi connectivity index (χ2n) is 9.14. The number of benzene rings is 2. The van der Waals surface area contributed by atoms with E-state index in [1.807, 2.05) is 42.5 Å². The summed E-state index contributed by atoms with van der Waals surface area (Å²) in [5.41, 5.74) is 2.08. The van der Waals surface area contributed by atoms with Crippen molar-refractivity contribution in [1.82, 2.24) is 5.32 Å². The minimum atomic E-state index is -1.70. The molecule has 0 saturated heterocycles. The lowest BCUT2D eigenvalue weighted by Gasteiger charge is -2.41. The first-order valence-corrected chi connectivity index (χ1v) is 11.6. The van der Waals surface area contributed by atoms with Crippen molar-refractivity contribution in [2.45, 2.75) is 56.5 Å². The molecule has 2 heterocycles. The molecule has 3 N–H and O–H groups in total. The maximum Gasteiger partial charge on any atom is 0.475 e. The van der Waals surface area contributed by atoms with E-state index in [1.54, 1.807) is 6.26 Å². The number of carbonyl (C=O) groups is 1. The summed E-state index contributed by atoms with van der Waals surface area (Å²) in [6.45, 7) is 0.535. The Balaban J connectivity index is 1.23. The molecule has 1 aromatic heterocycles. The van der Waals surface area contributed by atoms with E-state index in [0.717, 1.165) is 53.5 Å². The zero-order valence-electron chi connectivity index (χ0n) is 18.5. The Hall–Kier alpha value is -2.97. The maximum absolute atomic E-state index is 12.7. The van der Waals surface area contributed by atoms with Crippen LogP contribution in [0, 0.1) is 0 Å². The van der Waals surface area contributed by atoms with Crippen LogP contribution in [0.25, 0.3) is 11.0 Å². The molecule has 1 atom stereocenters. The molecular weight excluding hydrogens is 421 g/mol. The van der Waals surface area contributed by atoms with Crippen molar-refractivity contribution < 1.29 is 28.7 Å². The summed E-state index contributed by atoms with van der Waals surface area (Å²) >= 11 is 0. The number of hydrogen-bond donors (Lipinski definition) is 3. The van der Waals surface area contributed by atoms with Crippen LogP contribution in [0.4, 0.5) is 0 Å². The van der Waals surface area contributed by atoms with Gasteiger partial charge in [0.25, 0.3) is 0 Å². The molecule has 1 saturated carbocycles. The molecule has 5 rings (SSSR count). The lowest BCUT2D eigenvalue weighted by molar-refractivity contribution is -0.120. The van der Waals surface area contributed by atoms with Gasteiger partial charge in [-0.05, 0) is 61.4 Å². The zero-order valence-corrected chi connectivity index (χ0v) is 18.5. The van der Waals surface area contributed by atoms with Crippen molar-refractivity contribution in [3.63, 3.8) is 0 Å². The van der Waals surface area contributed by atoms with Crippen LogP contribution >= 0.6 is 0 Å². The minimum absolute atomic E-state index is 0.0944. The highest BCUT2D eigenvalue weighted by molar-refractivity contribution is 6.43. The van der Waals surface area contributed by atoms with Gasteiger partial charge < -0.3 is 29.3 Å². The molecule has 2 aromatic carbocycles. The molecule has 2 aliphatic rings. The molecule has 8 heteroatoms. The van der Waals surface area contributed by atoms with Gasteiger partial charge in [0, 0.05) is 5.39 Å². The summed E-state index contributed by atoms with van der Waals surface area (Å²) in [6.07, 6.45) is 7.49. The maximum atomic E-state index is 12.7. The summed E-state index contributed by atoms with van der Waals surface area (Å²) < 4.78 is 17.9. The van der Waals surface area contributed by atoms with Crippen molar-refractivity contribution >= 4 is 24.0 Å². The number of hydrogen-bond acceptors (Lipinski definition) is 6. The van der Waals surface area contributed by atoms with Gasteiger partial charge in [0.2, 0.25) is 5.91 Å². The molecule has 3 aromatic rings. The third kappa shape index (κ3) is 4.72. The summed E-state index contributed by atoms with van der Waals surface area (Å²) in [4.78, 5) is 12.7. The van der Waals surface area contributed by atoms with Crippen molar-refractivity contribution in [3.05, 3.63) is 59.9 Å². The van der Waals surface area contributed by atoms with E-state index in [0.29, 0.717) is 12.4 Å². The average molecular weight is 449 g/mol. The van der Waals surface area contributed by atoms with Gasteiger partial charge in [0.05, 0.1) is 18.6 Å². The van der Waals surface area contributed by atoms with Crippen LogP contribution < -0.4 is 14.8 Å². The zero-order chi connectivity index (χ0) is 22.8. The van der Waals surface area contributed by atoms with Crippen LogP contribution in [0.1, 0.15) is 43.2 Å². The lowest BCUT2D eigenvalue weighted by Crippen LogP contribution is -2.48. The molecule has 0 radical (unpaired) electrons. The van der Waals surface area contributed by atoms with Gasteiger partial charge >= 0.3 is 7.12 Å². The third-order valence-corrected chi connectivity index (χ3v) is 6.66. The van der Waals surface area contributed by atoms with Crippen LogP contribution in [0.15, 0.2) is 53.1 Å². The van der Waals surface area contributed by atoms with Crippen molar-refractivity contribution in [1.29, 1.82) is 0 Å². The lowest BCUT2D eigenvalue weighted by atomic mass is 9.75. The van der Waals surface area contributed by atoms with Crippen molar-refractivity contribution in [2.24, 2.45) is 0 Å². The predicted octanol–water partition coefficient (Wildman–Crippen LogP) is 3.19. The number of ether oxygens (including phenoxy) is 2. The SMILES string of the molecule is O=C(Cc1ccc2c(c1)OCC1(CCCCC1)O2)NC(Cc1coc2ccccc12)B(O)O. The summed E-state index contributed by atoms with van der Waals surface area (Å²) in [6, 6.07) is 13.1. The molecule has 7 nitrogen and oxygen atoms in total. The number of para-hydroxylation sites is 1. The number of carbonyl (C=O) groups excluding carboxylic acids is 1. The highest BCUT2D eigenvalue weighted by atomic mass is 16.6. The highest BCUT2D eigenvalue weighted by Crippen LogP contribution is 2.42. The van der Waals surface area contributed by atoms with Gasteiger partial charge in [-0.15, -0.1) is 0 Å². The van der Waals surface area contributed by atoms with E-state index >= 15 is 0 Å². The third-order valence-electron chi connectivity index (χ3n) is 6.66. The monoisotopic (exact) mass is 449 g/mol. The first-order valence-electron chi connectivity index (χ1n) is 11.6. The molecule has 1 unspecified atom stereocenters. The van der Waals surface area contributed by atoms with Gasteiger partial charge in [-0.2, -0.15) is 0 Å². The second kappa shape index (κ2) is 9.12. The Morgan fingerprint density at radius 3 is 2.73 bits per heavy atom. The first-order chi connectivity index (χ1) is 16.0. The largest absolute Gasteiger partial charge is 0.486 e. The molecular formula is C25H28BNO6. The van der Waals surface area contributed by atoms with Gasteiger partial charge in [-0.25, -0.2) is 0 Å². The number of nitrogens with one attached hydrogen (secondary N) is 1. The molecule has 1 spiro atoms. The van der Waals surface area contributed by atoms with Gasteiger partial charge in [-0.3, -0.25) is 4.79 Å². The van der Waals surface area contributed by atoms with E-state index < -0.39 is 13.1 Å². The minimum Gasteiger partial charge on any atom is -0.486 e. The smallest absolute Gasteiger partial charge is 0.475 e. The van der Waals surface area contributed by atoms with E-state index in [1.165, 1.54) is 6.42 Å². The van der Waals surface area contributed by atoms with Gasteiger partial charge in [0.1, 0.15) is 17.8 Å². The van der Waals surface area contributed by atoms with Crippen LogP contribution in [-0.2, 0) is 17.6 Å². The first kappa shape index (κ1) is 21.9.